The number of aryl methyl sites for hydroxylation is 1. The minimum Gasteiger partial charge on any atom is -0.383 e. The molecule has 86 valence electrons. The van der Waals surface area contributed by atoms with E-state index in [1.807, 2.05) is 41.1 Å². The quantitative estimate of drug-likeness (QED) is 0.744. The number of aromatic nitrogens is 2. The molecule has 0 aliphatic heterocycles. The highest BCUT2D eigenvalue weighted by Gasteiger charge is 2.12. The molecule has 3 heterocycles. The molecule has 0 radical (unpaired) electrons. The van der Waals surface area contributed by atoms with Gasteiger partial charge in [0, 0.05) is 16.0 Å². The van der Waals surface area contributed by atoms with Gasteiger partial charge in [-0.1, -0.05) is 0 Å². The van der Waals surface area contributed by atoms with E-state index in [1.165, 1.54) is 5.56 Å². The van der Waals surface area contributed by atoms with Crippen LogP contribution in [0.25, 0.3) is 16.2 Å². The zero-order valence-corrected chi connectivity index (χ0v) is 11.5. The van der Waals surface area contributed by atoms with Gasteiger partial charge in [0.2, 0.25) is 0 Å². The Hall–Kier alpha value is -1.33. The van der Waals surface area contributed by atoms with Gasteiger partial charge in [-0.25, -0.2) is 4.98 Å². The summed E-state index contributed by atoms with van der Waals surface area (Å²) in [5.41, 5.74) is 9.05. The zero-order valence-electron chi connectivity index (χ0n) is 9.14. The second-order valence-corrected chi connectivity index (χ2v) is 5.73. The average molecular weight is 308 g/mol. The van der Waals surface area contributed by atoms with Gasteiger partial charge in [0.05, 0.1) is 4.88 Å². The Kier molecular flexibility index (Phi) is 2.45. The van der Waals surface area contributed by atoms with E-state index in [9.17, 15) is 0 Å². The maximum atomic E-state index is 6.12. The first kappa shape index (κ1) is 10.8. The molecule has 0 aromatic carbocycles. The number of nitrogens with two attached hydrogens (primary N) is 1. The van der Waals surface area contributed by atoms with E-state index in [1.54, 1.807) is 11.3 Å². The molecule has 3 rings (SSSR count). The Morgan fingerprint density at radius 2 is 2.24 bits per heavy atom. The van der Waals surface area contributed by atoms with E-state index < -0.39 is 0 Å². The Morgan fingerprint density at radius 1 is 1.41 bits per heavy atom. The van der Waals surface area contributed by atoms with Crippen LogP contribution >= 0.6 is 27.3 Å². The predicted octanol–water partition coefficient (Wildman–Crippen LogP) is 3.72. The van der Waals surface area contributed by atoms with Crippen molar-refractivity contribution >= 4 is 38.7 Å². The van der Waals surface area contributed by atoms with Crippen LogP contribution in [0.1, 0.15) is 5.56 Å². The van der Waals surface area contributed by atoms with E-state index in [-0.39, 0.29) is 0 Å². The molecule has 0 fully saturated rings. The van der Waals surface area contributed by atoms with Crippen molar-refractivity contribution < 1.29 is 0 Å². The summed E-state index contributed by atoms with van der Waals surface area (Å²) in [6.07, 6.45) is 1.96. The van der Waals surface area contributed by atoms with E-state index in [2.05, 4.69) is 20.9 Å². The van der Waals surface area contributed by atoms with Crippen molar-refractivity contribution in [2.24, 2.45) is 0 Å². The number of thiophene rings is 1. The zero-order chi connectivity index (χ0) is 12.0. The molecular formula is C12H10BrN3S. The van der Waals surface area contributed by atoms with Crippen molar-refractivity contribution in [3.63, 3.8) is 0 Å². The van der Waals surface area contributed by atoms with Gasteiger partial charge < -0.3 is 5.73 Å². The van der Waals surface area contributed by atoms with E-state index in [4.69, 9.17) is 5.73 Å². The number of halogens is 1. The van der Waals surface area contributed by atoms with Crippen molar-refractivity contribution in [3.8, 4) is 10.6 Å². The highest BCUT2D eigenvalue weighted by Crippen LogP contribution is 2.33. The number of fused-ring (bicyclic) bond motifs is 1. The van der Waals surface area contributed by atoms with Crippen LogP contribution in [0.4, 0.5) is 5.82 Å². The predicted molar refractivity (Wildman–Crippen MR) is 75.4 cm³/mol. The summed E-state index contributed by atoms with van der Waals surface area (Å²) in [6.45, 7) is 2.05. The lowest BCUT2D eigenvalue weighted by Gasteiger charge is -1.97. The molecule has 0 saturated heterocycles. The SMILES string of the molecule is Cc1ccn2c(N)c(-c3cc(Br)cs3)nc2c1. The first-order chi connectivity index (χ1) is 8.15. The van der Waals surface area contributed by atoms with Gasteiger partial charge in [-0.15, -0.1) is 11.3 Å². The lowest BCUT2D eigenvalue weighted by molar-refractivity contribution is 1.18. The number of pyridine rings is 1. The number of hydrogen-bond acceptors (Lipinski definition) is 3. The molecule has 17 heavy (non-hydrogen) atoms. The van der Waals surface area contributed by atoms with Gasteiger partial charge in [0.1, 0.15) is 17.2 Å². The van der Waals surface area contributed by atoms with Crippen LogP contribution in [0.3, 0.4) is 0 Å². The number of hydrogen-bond donors (Lipinski definition) is 1. The number of imidazole rings is 1. The molecule has 5 heteroatoms. The molecule has 2 N–H and O–H groups in total. The number of nitrogens with zero attached hydrogens (tertiary/aromatic N) is 2. The third kappa shape index (κ3) is 1.75. The van der Waals surface area contributed by atoms with E-state index in [0.717, 1.165) is 20.7 Å². The van der Waals surface area contributed by atoms with E-state index >= 15 is 0 Å². The van der Waals surface area contributed by atoms with Crippen LogP contribution in [0.5, 0.6) is 0 Å². The van der Waals surface area contributed by atoms with Gasteiger partial charge in [-0.3, -0.25) is 4.40 Å². The maximum absolute atomic E-state index is 6.12. The molecule has 0 aliphatic carbocycles. The second-order valence-electron chi connectivity index (χ2n) is 3.91. The van der Waals surface area contributed by atoms with Crippen molar-refractivity contribution in [2.75, 3.05) is 5.73 Å². The van der Waals surface area contributed by atoms with Crippen molar-refractivity contribution in [3.05, 3.63) is 39.8 Å². The van der Waals surface area contributed by atoms with Gasteiger partial charge in [0.25, 0.3) is 0 Å². The second kappa shape index (κ2) is 3.85. The summed E-state index contributed by atoms with van der Waals surface area (Å²) in [5.74, 6) is 0.689. The lowest BCUT2D eigenvalue weighted by Crippen LogP contribution is -1.93. The summed E-state index contributed by atoms with van der Waals surface area (Å²) in [5, 5.41) is 2.03. The number of anilines is 1. The third-order valence-electron chi connectivity index (χ3n) is 2.62. The van der Waals surface area contributed by atoms with Crippen LogP contribution in [0.2, 0.25) is 0 Å². The normalized spacial score (nSPS) is 11.2. The largest absolute Gasteiger partial charge is 0.383 e. The summed E-state index contributed by atoms with van der Waals surface area (Å²) < 4.78 is 2.97. The Bertz CT molecular complexity index is 699. The highest BCUT2D eigenvalue weighted by atomic mass is 79.9. The molecule has 0 amide bonds. The molecule has 3 aromatic rings. The molecule has 3 aromatic heterocycles. The summed E-state index contributed by atoms with van der Waals surface area (Å²) in [7, 11) is 0. The first-order valence-corrected chi connectivity index (χ1v) is 6.81. The standard InChI is InChI=1S/C12H10BrN3S/c1-7-2-3-16-10(4-7)15-11(12(16)14)9-5-8(13)6-17-9/h2-6H,14H2,1H3. The highest BCUT2D eigenvalue weighted by molar-refractivity contribution is 9.10. The van der Waals surface area contributed by atoms with E-state index in [0.29, 0.717) is 5.82 Å². The van der Waals surface area contributed by atoms with Crippen LogP contribution in [-0.4, -0.2) is 9.38 Å². The fourth-order valence-electron chi connectivity index (χ4n) is 1.78. The van der Waals surface area contributed by atoms with Crippen molar-refractivity contribution in [2.45, 2.75) is 6.92 Å². The van der Waals surface area contributed by atoms with Crippen LogP contribution in [0, 0.1) is 6.92 Å². The molecule has 3 nitrogen and oxygen atoms in total. The first-order valence-electron chi connectivity index (χ1n) is 5.14. The van der Waals surface area contributed by atoms with Gasteiger partial charge in [-0.05, 0) is 46.6 Å². The van der Waals surface area contributed by atoms with Crippen LogP contribution in [0.15, 0.2) is 34.2 Å². The molecule has 0 unspecified atom stereocenters. The van der Waals surface area contributed by atoms with Gasteiger partial charge in [0.15, 0.2) is 0 Å². The molecular weight excluding hydrogens is 298 g/mol. The fraction of sp³-hybridized carbons (Fsp3) is 0.0833. The van der Waals surface area contributed by atoms with Crippen LogP contribution in [-0.2, 0) is 0 Å². The molecule has 0 bridgehead atoms. The van der Waals surface area contributed by atoms with Gasteiger partial charge >= 0.3 is 0 Å². The average Bonchev–Trinajstić information content (AvgIpc) is 2.83. The van der Waals surface area contributed by atoms with Gasteiger partial charge in [-0.2, -0.15) is 0 Å². The number of rotatable bonds is 1. The third-order valence-corrected chi connectivity index (χ3v) is 4.32. The maximum Gasteiger partial charge on any atom is 0.139 e. The van der Waals surface area contributed by atoms with Crippen molar-refractivity contribution in [1.29, 1.82) is 0 Å². The van der Waals surface area contributed by atoms with Crippen molar-refractivity contribution in [1.82, 2.24) is 9.38 Å². The molecule has 0 saturated carbocycles. The summed E-state index contributed by atoms with van der Waals surface area (Å²) in [6, 6.07) is 6.09. The molecule has 0 aliphatic rings. The fourth-order valence-corrected chi connectivity index (χ4v) is 3.21. The molecule has 0 spiro atoms. The Balaban J connectivity index is 2.27. The number of nitrogen functional groups attached to an aromatic ring is 1. The Labute approximate surface area is 111 Å². The lowest BCUT2D eigenvalue weighted by atomic mass is 10.3. The van der Waals surface area contributed by atoms with Crippen LogP contribution < -0.4 is 5.73 Å². The summed E-state index contributed by atoms with van der Waals surface area (Å²) >= 11 is 5.08. The smallest absolute Gasteiger partial charge is 0.139 e. The summed E-state index contributed by atoms with van der Waals surface area (Å²) in [4.78, 5) is 5.66. The topological polar surface area (TPSA) is 43.3 Å². The molecule has 0 atom stereocenters. The monoisotopic (exact) mass is 307 g/mol. The minimum atomic E-state index is 0.689. The minimum absolute atomic E-state index is 0.689. The Morgan fingerprint density at radius 3 is 2.94 bits per heavy atom.